The van der Waals surface area contributed by atoms with Crippen LogP contribution in [0.25, 0.3) is 38.1 Å². The Morgan fingerprint density at radius 3 is 2.65 bits per heavy atom. The molecule has 0 N–H and O–H groups in total. The molecule has 152 valence electrons. The van der Waals surface area contributed by atoms with Crippen LogP contribution in [0.5, 0.6) is 0 Å². The average molecular weight is 445 g/mol. The number of hydrogen-bond acceptors (Lipinski definition) is 6. The third-order valence-corrected chi connectivity index (χ3v) is 7.06. The number of fused-ring (bicyclic) bond motifs is 2. The topological polar surface area (TPSA) is 69.5 Å². The van der Waals surface area contributed by atoms with Crippen molar-refractivity contribution in [1.82, 2.24) is 28.5 Å². The van der Waals surface area contributed by atoms with E-state index in [4.69, 9.17) is 5.10 Å². The van der Waals surface area contributed by atoms with Crippen LogP contribution >= 0.6 is 22.7 Å². The van der Waals surface area contributed by atoms with E-state index in [1.54, 1.807) is 44.9 Å². The zero-order valence-corrected chi connectivity index (χ0v) is 18.3. The van der Waals surface area contributed by atoms with Gasteiger partial charge < -0.3 is 4.57 Å². The van der Waals surface area contributed by atoms with Crippen molar-refractivity contribution in [2.45, 2.75) is 13.8 Å². The third-order valence-electron chi connectivity index (χ3n) is 5.37. The SMILES string of the molecule is Cc1ccc(C)n1-c1ccsc1-c1cc2nccc(-c3cnc4sccn4c3=O)n2n1. The summed E-state index contributed by atoms with van der Waals surface area (Å²) in [6.45, 7) is 4.19. The Morgan fingerprint density at radius 2 is 1.81 bits per heavy atom. The summed E-state index contributed by atoms with van der Waals surface area (Å²) in [6.07, 6.45) is 5.06. The molecule has 0 saturated carbocycles. The highest BCUT2D eigenvalue weighted by Crippen LogP contribution is 2.34. The highest BCUT2D eigenvalue weighted by molar-refractivity contribution is 7.15. The van der Waals surface area contributed by atoms with Gasteiger partial charge in [-0.25, -0.2) is 14.5 Å². The zero-order valence-electron chi connectivity index (χ0n) is 16.7. The van der Waals surface area contributed by atoms with Crippen LogP contribution in [0.2, 0.25) is 0 Å². The maximum absolute atomic E-state index is 13.0. The van der Waals surface area contributed by atoms with Gasteiger partial charge in [-0.3, -0.25) is 9.20 Å². The van der Waals surface area contributed by atoms with E-state index < -0.39 is 0 Å². The molecule has 0 bridgehead atoms. The standard InChI is InChI=1S/C22H16N6OS2/c1-13-3-4-14(2)27(13)18-6-9-30-20(18)16-11-19-23-7-5-17(28(19)25-16)15-12-24-22-26(21(15)29)8-10-31-22/h3-12H,1-2H3. The molecule has 31 heavy (non-hydrogen) atoms. The Labute approximate surface area is 184 Å². The molecule has 7 nitrogen and oxygen atoms in total. The number of thiophene rings is 1. The largest absolute Gasteiger partial charge is 0.317 e. The number of thiazole rings is 1. The molecule has 0 aromatic carbocycles. The lowest BCUT2D eigenvalue weighted by atomic mass is 10.2. The number of aryl methyl sites for hydroxylation is 2. The van der Waals surface area contributed by atoms with Crippen molar-refractivity contribution >= 4 is 33.3 Å². The van der Waals surface area contributed by atoms with Crippen LogP contribution in [0.4, 0.5) is 0 Å². The molecule has 0 spiro atoms. The Kier molecular flexibility index (Phi) is 3.95. The van der Waals surface area contributed by atoms with Gasteiger partial charge in [0.05, 0.1) is 21.8 Å². The smallest absolute Gasteiger partial charge is 0.267 e. The second-order valence-electron chi connectivity index (χ2n) is 7.25. The van der Waals surface area contributed by atoms with Crippen molar-refractivity contribution in [2.75, 3.05) is 0 Å². The van der Waals surface area contributed by atoms with E-state index in [1.165, 1.54) is 22.7 Å². The fourth-order valence-electron chi connectivity index (χ4n) is 3.93. The predicted octanol–water partition coefficient (Wildman–Crippen LogP) is 4.60. The summed E-state index contributed by atoms with van der Waals surface area (Å²) < 4.78 is 5.52. The van der Waals surface area contributed by atoms with Crippen LogP contribution < -0.4 is 5.56 Å². The fraction of sp³-hybridized carbons (Fsp3) is 0.0909. The van der Waals surface area contributed by atoms with Crippen molar-refractivity contribution < 1.29 is 0 Å². The molecule has 6 rings (SSSR count). The Morgan fingerprint density at radius 1 is 0.968 bits per heavy atom. The third kappa shape index (κ3) is 2.70. The molecule has 0 aliphatic rings. The van der Waals surface area contributed by atoms with Crippen molar-refractivity contribution in [2.24, 2.45) is 0 Å². The monoisotopic (exact) mass is 444 g/mol. The normalized spacial score (nSPS) is 11.7. The number of aromatic nitrogens is 6. The van der Waals surface area contributed by atoms with Crippen LogP contribution in [0.1, 0.15) is 11.4 Å². The first-order valence-electron chi connectivity index (χ1n) is 9.65. The average Bonchev–Trinajstić information content (AvgIpc) is 3.54. The molecular formula is C22H16N6OS2. The van der Waals surface area contributed by atoms with Gasteiger partial charge in [-0.2, -0.15) is 5.10 Å². The summed E-state index contributed by atoms with van der Waals surface area (Å²) in [4.78, 5) is 23.7. The second-order valence-corrected chi connectivity index (χ2v) is 9.04. The molecule has 0 atom stereocenters. The van der Waals surface area contributed by atoms with Gasteiger partial charge in [0.1, 0.15) is 5.69 Å². The molecule has 0 saturated heterocycles. The molecule has 0 unspecified atom stereocenters. The minimum Gasteiger partial charge on any atom is -0.317 e. The number of hydrogen-bond donors (Lipinski definition) is 0. The van der Waals surface area contributed by atoms with E-state index in [2.05, 4.69) is 52.0 Å². The maximum atomic E-state index is 13.0. The van der Waals surface area contributed by atoms with Gasteiger partial charge in [-0.1, -0.05) is 0 Å². The lowest BCUT2D eigenvalue weighted by molar-refractivity contribution is 0.939. The Bertz CT molecular complexity index is 1630. The van der Waals surface area contributed by atoms with Gasteiger partial charge in [0.25, 0.3) is 5.56 Å². The van der Waals surface area contributed by atoms with Gasteiger partial charge in [0.2, 0.25) is 0 Å². The van der Waals surface area contributed by atoms with E-state index in [0.717, 1.165) is 16.3 Å². The minimum absolute atomic E-state index is 0.119. The van der Waals surface area contributed by atoms with Gasteiger partial charge in [0.15, 0.2) is 10.6 Å². The lowest BCUT2D eigenvalue weighted by Crippen LogP contribution is -2.16. The number of rotatable bonds is 3. The molecule has 6 aromatic heterocycles. The zero-order chi connectivity index (χ0) is 21.1. The minimum atomic E-state index is -0.119. The summed E-state index contributed by atoms with van der Waals surface area (Å²) in [5, 5.41) is 8.77. The van der Waals surface area contributed by atoms with Gasteiger partial charge in [0, 0.05) is 41.4 Å². The Hall–Kier alpha value is -3.56. The molecule has 0 aliphatic carbocycles. The fourth-order valence-corrected chi connectivity index (χ4v) is 5.44. The first-order valence-corrected chi connectivity index (χ1v) is 11.4. The summed E-state index contributed by atoms with van der Waals surface area (Å²) >= 11 is 3.07. The highest BCUT2D eigenvalue weighted by atomic mass is 32.1. The van der Waals surface area contributed by atoms with E-state index in [9.17, 15) is 4.79 Å². The van der Waals surface area contributed by atoms with Gasteiger partial charge >= 0.3 is 0 Å². The van der Waals surface area contributed by atoms with Crippen LogP contribution in [0, 0.1) is 13.8 Å². The maximum Gasteiger partial charge on any atom is 0.267 e. The van der Waals surface area contributed by atoms with Crippen LogP contribution in [-0.2, 0) is 0 Å². The first-order chi connectivity index (χ1) is 15.1. The second kappa shape index (κ2) is 6.73. The van der Waals surface area contributed by atoms with Crippen molar-refractivity contribution in [1.29, 1.82) is 0 Å². The lowest BCUT2D eigenvalue weighted by Gasteiger charge is -2.09. The molecular weight excluding hydrogens is 428 g/mol. The first kappa shape index (κ1) is 18.2. The Balaban J connectivity index is 1.56. The summed E-state index contributed by atoms with van der Waals surface area (Å²) in [5.74, 6) is 0. The summed E-state index contributed by atoms with van der Waals surface area (Å²) in [5.41, 5.74) is 5.97. The van der Waals surface area contributed by atoms with Crippen molar-refractivity contribution in [3.8, 4) is 27.5 Å². The van der Waals surface area contributed by atoms with Crippen molar-refractivity contribution in [3.63, 3.8) is 0 Å². The van der Waals surface area contributed by atoms with Crippen LogP contribution in [0.15, 0.2) is 64.5 Å². The van der Waals surface area contributed by atoms with Gasteiger partial charge in [-0.15, -0.1) is 22.7 Å². The molecule has 0 radical (unpaired) electrons. The van der Waals surface area contributed by atoms with Gasteiger partial charge in [-0.05, 0) is 43.5 Å². The molecule has 0 aliphatic heterocycles. The van der Waals surface area contributed by atoms with Crippen LogP contribution in [0.3, 0.4) is 0 Å². The molecule has 9 heteroatoms. The van der Waals surface area contributed by atoms with E-state index >= 15 is 0 Å². The molecule has 0 fully saturated rings. The van der Waals surface area contributed by atoms with Crippen LogP contribution in [-0.4, -0.2) is 28.5 Å². The van der Waals surface area contributed by atoms with E-state index in [-0.39, 0.29) is 5.56 Å². The molecule has 0 amide bonds. The van der Waals surface area contributed by atoms with Crippen molar-refractivity contribution in [3.05, 3.63) is 81.4 Å². The van der Waals surface area contributed by atoms with E-state index in [1.807, 2.05) is 11.4 Å². The quantitative estimate of drug-likeness (QED) is 0.400. The summed E-state index contributed by atoms with van der Waals surface area (Å²) in [7, 11) is 0. The highest BCUT2D eigenvalue weighted by Gasteiger charge is 2.18. The number of nitrogens with zero attached hydrogens (tertiary/aromatic N) is 6. The summed E-state index contributed by atoms with van der Waals surface area (Å²) in [6, 6.07) is 10.1. The van der Waals surface area contributed by atoms with E-state index in [0.29, 0.717) is 21.9 Å². The molecule has 6 aromatic rings. The molecule has 6 heterocycles. The predicted molar refractivity (Wildman–Crippen MR) is 123 cm³/mol.